The number of nitrogens with zero attached hydrogens (tertiary/aromatic N) is 3. The van der Waals surface area contributed by atoms with Crippen molar-refractivity contribution in [3.8, 4) is 0 Å². The van der Waals surface area contributed by atoms with Crippen molar-refractivity contribution in [3.63, 3.8) is 0 Å². The van der Waals surface area contributed by atoms with E-state index < -0.39 is 6.03 Å². The zero-order chi connectivity index (χ0) is 15.6. The lowest BCUT2D eigenvalue weighted by Crippen LogP contribution is -2.50. The number of amides is 3. The Balaban J connectivity index is 0.000000774. The molecule has 1 fully saturated rings. The fourth-order valence-electron chi connectivity index (χ4n) is 1.99. The zero-order valence-electron chi connectivity index (χ0n) is 11.9. The highest BCUT2D eigenvalue weighted by molar-refractivity contribution is 6.33. The Bertz CT molecular complexity index is 698. The van der Waals surface area contributed by atoms with E-state index in [0.29, 0.717) is 22.5 Å². The summed E-state index contributed by atoms with van der Waals surface area (Å²) >= 11 is 5.90. The van der Waals surface area contributed by atoms with Crippen LogP contribution >= 0.6 is 11.6 Å². The van der Waals surface area contributed by atoms with E-state index >= 15 is 0 Å². The number of fused-ring (bicyclic) bond motifs is 1. The Morgan fingerprint density at radius 1 is 1.33 bits per heavy atom. The molecule has 1 aliphatic rings. The van der Waals surface area contributed by atoms with Crippen molar-refractivity contribution in [1.82, 2.24) is 15.5 Å². The van der Waals surface area contributed by atoms with E-state index in [1.807, 2.05) is 13.8 Å². The summed E-state index contributed by atoms with van der Waals surface area (Å²) < 4.78 is 5.43. The van der Waals surface area contributed by atoms with Crippen molar-refractivity contribution in [2.45, 2.75) is 27.2 Å². The molecule has 1 aliphatic heterocycles. The van der Waals surface area contributed by atoms with Crippen LogP contribution < -0.4 is 10.2 Å². The molecule has 0 saturated carbocycles. The molecule has 7 nitrogen and oxygen atoms in total. The average Bonchev–Trinajstić information content (AvgIpc) is 2.85. The fourth-order valence-corrected chi connectivity index (χ4v) is 2.17. The molecule has 3 amide bonds. The molecule has 112 valence electrons. The van der Waals surface area contributed by atoms with Crippen LogP contribution in [0.15, 0.2) is 10.5 Å². The molecule has 0 radical (unpaired) electrons. The van der Waals surface area contributed by atoms with Gasteiger partial charge in [0, 0.05) is 13.0 Å². The topological polar surface area (TPSA) is 88.3 Å². The molecule has 0 spiro atoms. The monoisotopic (exact) mass is 310 g/mol. The summed E-state index contributed by atoms with van der Waals surface area (Å²) in [6.45, 7) is 6.01. The molecule has 0 unspecified atom stereocenters. The smallest absolute Gasteiger partial charge is 0.329 e. The molecule has 1 N–H and O–H groups in total. The van der Waals surface area contributed by atoms with Gasteiger partial charge in [-0.15, -0.1) is 10.2 Å². The summed E-state index contributed by atoms with van der Waals surface area (Å²) in [5.41, 5.74) is 0.383. The van der Waals surface area contributed by atoms with E-state index in [1.165, 1.54) is 4.90 Å². The van der Waals surface area contributed by atoms with E-state index in [0.717, 1.165) is 0 Å². The number of anilines is 1. The Hall–Kier alpha value is -2.15. The second kappa shape index (κ2) is 6.09. The second-order valence-corrected chi connectivity index (χ2v) is 4.53. The third kappa shape index (κ3) is 2.82. The van der Waals surface area contributed by atoms with Crippen molar-refractivity contribution in [1.29, 1.82) is 0 Å². The van der Waals surface area contributed by atoms with E-state index in [2.05, 4.69) is 15.5 Å². The van der Waals surface area contributed by atoms with Crippen LogP contribution in [0.2, 0.25) is 5.15 Å². The van der Waals surface area contributed by atoms with Gasteiger partial charge in [-0.05, 0) is 13.0 Å². The van der Waals surface area contributed by atoms with Gasteiger partial charge in [-0.25, -0.2) is 4.79 Å². The van der Waals surface area contributed by atoms with Crippen molar-refractivity contribution >= 4 is 40.3 Å². The van der Waals surface area contributed by atoms with E-state index in [9.17, 15) is 9.59 Å². The van der Waals surface area contributed by atoms with Gasteiger partial charge in [0.25, 0.3) is 0 Å². The van der Waals surface area contributed by atoms with Crippen LogP contribution in [0, 0.1) is 6.92 Å². The molecule has 0 atom stereocenters. The Labute approximate surface area is 126 Å². The van der Waals surface area contributed by atoms with Crippen LogP contribution in [0.3, 0.4) is 0 Å². The molecule has 0 aliphatic carbocycles. The maximum atomic E-state index is 11.8. The number of rotatable bonds is 1. The summed E-state index contributed by atoms with van der Waals surface area (Å²) in [4.78, 5) is 24.3. The summed E-state index contributed by atoms with van der Waals surface area (Å²) in [6, 6.07) is 1.21. The molecule has 3 heterocycles. The number of hydrogen-bond donors (Lipinski definition) is 1. The number of urea groups is 1. The number of aromatic nitrogens is 2. The number of halogens is 1. The van der Waals surface area contributed by atoms with Gasteiger partial charge in [0.2, 0.25) is 5.91 Å². The van der Waals surface area contributed by atoms with Crippen LogP contribution in [0.1, 0.15) is 26.0 Å². The number of carbonyl (C=O) groups excluding carboxylic acids is 2. The lowest BCUT2D eigenvalue weighted by atomic mass is 10.2. The van der Waals surface area contributed by atoms with Gasteiger partial charge in [-0.1, -0.05) is 25.4 Å². The molecular weight excluding hydrogens is 296 g/mol. The maximum Gasteiger partial charge on any atom is 0.329 e. The van der Waals surface area contributed by atoms with Gasteiger partial charge in [0.1, 0.15) is 5.76 Å². The number of carbonyl (C=O) groups is 2. The summed E-state index contributed by atoms with van der Waals surface area (Å²) in [7, 11) is 0. The summed E-state index contributed by atoms with van der Waals surface area (Å²) in [5, 5.41) is 10.7. The molecule has 2 aromatic heterocycles. The van der Waals surface area contributed by atoms with Crippen molar-refractivity contribution in [2.24, 2.45) is 0 Å². The SMILES string of the molecule is CC.Cc1cc2c(N3CCC(=O)NC3=O)nnc(Cl)c2o1. The van der Waals surface area contributed by atoms with Gasteiger partial charge in [-0.2, -0.15) is 0 Å². The van der Waals surface area contributed by atoms with Gasteiger partial charge in [-0.3, -0.25) is 15.0 Å². The Morgan fingerprint density at radius 2 is 2.05 bits per heavy atom. The van der Waals surface area contributed by atoms with E-state index in [1.54, 1.807) is 13.0 Å². The zero-order valence-corrected chi connectivity index (χ0v) is 12.7. The summed E-state index contributed by atoms with van der Waals surface area (Å²) in [5.74, 6) is 0.672. The van der Waals surface area contributed by atoms with Crippen LogP contribution in [-0.4, -0.2) is 28.7 Å². The van der Waals surface area contributed by atoms with Gasteiger partial charge >= 0.3 is 6.03 Å². The van der Waals surface area contributed by atoms with Crippen LogP contribution in [0.5, 0.6) is 0 Å². The Kier molecular flexibility index (Phi) is 4.42. The maximum absolute atomic E-state index is 11.8. The fraction of sp³-hybridized carbons (Fsp3) is 0.385. The second-order valence-electron chi connectivity index (χ2n) is 4.17. The van der Waals surface area contributed by atoms with Crippen molar-refractivity contribution < 1.29 is 14.0 Å². The number of aryl methyl sites for hydroxylation is 1. The van der Waals surface area contributed by atoms with Crippen LogP contribution in [0.25, 0.3) is 11.0 Å². The third-order valence-electron chi connectivity index (χ3n) is 2.83. The van der Waals surface area contributed by atoms with Crippen LogP contribution in [-0.2, 0) is 4.79 Å². The first-order chi connectivity index (χ1) is 10.1. The highest BCUT2D eigenvalue weighted by Gasteiger charge is 2.28. The van der Waals surface area contributed by atoms with Gasteiger partial charge < -0.3 is 4.42 Å². The quantitative estimate of drug-likeness (QED) is 0.874. The van der Waals surface area contributed by atoms with Crippen molar-refractivity contribution in [3.05, 3.63) is 17.0 Å². The number of furan rings is 1. The molecule has 1 saturated heterocycles. The number of nitrogens with one attached hydrogen (secondary N) is 1. The number of imide groups is 1. The molecule has 2 aromatic rings. The van der Waals surface area contributed by atoms with Crippen LogP contribution in [0.4, 0.5) is 10.6 Å². The van der Waals surface area contributed by atoms with Gasteiger partial charge in [0.15, 0.2) is 16.6 Å². The minimum absolute atomic E-state index is 0.139. The lowest BCUT2D eigenvalue weighted by Gasteiger charge is -2.25. The predicted molar refractivity (Wildman–Crippen MR) is 78.4 cm³/mol. The highest BCUT2D eigenvalue weighted by atomic mass is 35.5. The number of hydrogen-bond acceptors (Lipinski definition) is 5. The first-order valence-electron chi connectivity index (χ1n) is 6.60. The Morgan fingerprint density at radius 3 is 2.71 bits per heavy atom. The minimum atomic E-state index is -0.520. The predicted octanol–water partition coefficient (Wildman–Crippen LogP) is 2.66. The average molecular weight is 311 g/mol. The molecule has 8 heteroatoms. The standard InChI is InChI=1S/C11H9ClN4O3.C2H6/c1-5-4-6-8(19-5)9(12)14-15-10(6)16-3-2-7(17)13-11(16)18;1-2/h4H,2-3H2,1H3,(H,13,17,18);1-2H3. The molecule has 0 aromatic carbocycles. The highest BCUT2D eigenvalue weighted by Crippen LogP contribution is 2.31. The van der Waals surface area contributed by atoms with E-state index in [4.69, 9.17) is 16.0 Å². The normalized spacial score (nSPS) is 14.8. The first-order valence-corrected chi connectivity index (χ1v) is 6.98. The molecule has 3 rings (SSSR count). The largest absolute Gasteiger partial charge is 0.458 e. The lowest BCUT2D eigenvalue weighted by molar-refractivity contribution is -0.120. The molecule has 21 heavy (non-hydrogen) atoms. The third-order valence-corrected chi connectivity index (χ3v) is 3.07. The first kappa shape index (κ1) is 15.2. The molecular formula is C13H15ClN4O3. The molecule has 0 bridgehead atoms. The van der Waals surface area contributed by atoms with E-state index in [-0.39, 0.29) is 24.0 Å². The van der Waals surface area contributed by atoms with Gasteiger partial charge in [0.05, 0.1) is 5.39 Å². The summed E-state index contributed by atoms with van der Waals surface area (Å²) in [6.07, 6.45) is 0.217. The minimum Gasteiger partial charge on any atom is -0.458 e. The van der Waals surface area contributed by atoms with Crippen molar-refractivity contribution in [2.75, 3.05) is 11.4 Å².